The van der Waals surface area contributed by atoms with E-state index in [1.807, 2.05) is 13.8 Å². The Hall–Kier alpha value is -1.74. The third-order valence-electron chi connectivity index (χ3n) is 3.13. The third kappa shape index (κ3) is 4.21. The lowest BCUT2D eigenvalue weighted by Gasteiger charge is -2.17. The molecule has 0 unspecified atom stereocenters. The summed E-state index contributed by atoms with van der Waals surface area (Å²) >= 11 is 7.04. The van der Waals surface area contributed by atoms with Crippen LogP contribution in [0.15, 0.2) is 34.6 Å². The van der Waals surface area contributed by atoms with Crippen LogP contribution in [0.4, 0.5) is 18.0 Å². The minimum absolute atomic E-state index is 0.224. The van der Waals surface area contributed by atoms with Gasteiger partial charge in [-0.05, 0) is 37.7 Å². The molecule has 24 heavy (non-hydrogen) atoms. The quantitative estimate of drug-likeness (QED) is 0.790. The molecule has 0 saturated carbocycles. The number of rotatable bonds is 4. The maximum atomic E-state index is 12.5. The molecule has 0 aliphatic rings. The van der Waals surface area contributed by atoms with Crippen molar-refractivity contribution in [1.29, 1.82) is 0 Å². The Labute approximate surface area is 145 Å². The van der Waals surface area contributed by atoms with Crippen molar-refractivity contribution in [3.63, 3.8) is 0 Å². The maximum Gasteiger partial charge on any atom is 0.417 e. The fourth-order valence-electron chi connectivity index (χ4n) is 1.85. The van der Waals surface area contributed by atoms with Crippen LogP contribution in [0.25, 0.3) is 0 Å². The van der Waals surface area contributed by atoms with Crippen LogP contribution in [0, 0.1) is 0 Å². The van der Waals surface area contributed by atoms with Crippen LogP contribution in [-0.2, 0) is 6.18 Å². The molecule has 5 nitrogen and oxygen atoms in total. The van der Waals surface area contributed by atoms with Crippen molar-refractivity contribution in [3.05, 3.63) is 35.1 Å². The molecule has 1 amide bonds. The van der Waals surface area contributed by atoms with Crippen LogP contribution >= 0.6 is 23.4 Å². The van der Waals surface area contributed by atoms with Gasteiger partial charge in [0.1, 0.15) is 10.1 Å². The summed E-state index contributed by atoms with van der Waals surface area (Å²) in [6.07, 6.45) is -2.32. The standard InChI is InChI=1S/C14H14ClF3N4OS/c1-3-21(4-2)13(23)22-8-10(15)12(20-22)24-11-6-5-9(7-19-11)14(16,17)18/h5-8H,3-4H2,1-2H3. The lowest BCUT2D eigenvalue weighted by Crippen LogP contribution is -2.34. The largest absolute Gasteiger partial charge is 0.417 e. The van der Waals surface area contributed by atoms with Gasteiger partial charge < -0.3 is 4.90 Å². The van der Waals surface area contributed by atoms with Crippen molar-refractivity contribution >= 4 is 29.4 Å². The van der Waals surface area contributed by atoms with Gasteiger partial charge in [0, 0.05) is 19.3 Å². The van der Waals surface area contributed by atoms with E-state index < -0.39 is 11.7 Å². The molecule has 0 bridgehead atoms. The lowest BCUT2D eigenvalue weighted by molar-refractivity contribution is -0.137. The molecule has 10 heteroatoms. The summed E-state index contributed by atoms with van der Waals surface area (Å²) in [6, 6.07) is 1.84. The molecular weight excluding hydrogens is 365 g/mol. The highest BCUT2D eigenvalue weighted by molar-refractivity contribution is 7.99. The second kappa shape index (κ2) is 7.43. The Morgan fingerprint density at radius 1 is 1.33 bits per heavy atom. The molecule has 0 spiro atoms. The Morgan fingerprint density at radius 3 is 2.50 bits per heavy atom. The highest BCUT2D eigenvalue weighted by atomic mass is 35.5. The smallest absolute Gasteiger partial charge is 0.323 e. The zero-order valence-corrected chi connectivity index (χ0v) is 14.4. The first kappa shape index (κ1) is 18.6. The first-order valence-corrected chi connectivity index (χ1v) is 8.21. The predicted octanol–water partition coefficient (Wildman–Crippen LogP) is 4.41. The van der Waals surface area contributed by atoms with E-state index in [2.05, 4.69) is 10.1 Å². The summed E-state index contributed by atoms with van der Waals surface area (Å²) in [6.45, 7) is 4.73. The van der Waals surface area contributed by atoms with Crippen LogP contribution in [0.1, 0.15) is 19.4 Å². The highest BCUT2D eigenvalue weighted by Gasteiger charge is 2.30. The van der Waals surface area contributed by atoms with Gasteiger partial charge in [-0.15, -0.1) is 0 Å². The Balaban J connectivity index is 2.18. The average molecular weight is 379 g/mol. The topological polar surface area (TPSA) is 51.0 Å². The van der Waals surface area contributed by atoms with E-state index in [-0.39, 0.29) is 11.1 Å². The van der Waals surface area contributed by atoms with Crippen LogP contribution in [0.2, 0.25) is 5.02 Å². The van der Waals surface area contributed by atoms with Gasteiger partial charge >= 0.3 is 12.2 Å². The first-order valence-electron chi connectivity index (χ1n) is 7.01. The minimum Gasteiger partial charge on any atom is -0.323 e. The molecule has 2 aromatic heterocycles. The van der Waals surface area contributed by atoms with Crippen molar-refractivity contribution in [2.24, 2.45) is 0 Å². The van der Waals surface area contributed by atoms with Gasteiger partial charge in [-0.3, -0.25) is 0 Å². The first-order chi connectivity index (χ1) is 11.3. The molecular formula is C14H14ClF3N4OS. The molecule has 0 saturated heterocycles. The van der Waals surface area contributed by atoms with Crippen molar-refractivity contribution in [3.8, 4) is 0 Å². The molecule has 0 radical (unpaired) electrons. The number of carbonyl (C=O) groups is 1. The van der Waals surface area contributed by atoms with E-state index >= 15 is 0 Å². The van der Waals surface area contributed by atoms with E-state index in [1.165, 1.54) is 12.3 Å². The molecule has 2 rings (SSSR count). The zero-order valence-electron chi connectivity index (χ0n) is 12.8. The van der Waals surface area contributed by atoms with Gasteiger partial charge in [-0.2, -0.15) is 23.0 Å². The summed E-state index contributed by atoms with van der Waals surface area (Å²) in [7, 11) is 0. The van der Waals surface area contributed by atoms with E-state index in [0.717, 1.165) is 28.7 Å². The summed E-state index contributed by atoms with van der Waals surface area (Å²) in [5.74, 6) is 0. The molecule has 0 aliphatic heterocycles. The summed E-state index contributed by atoms with van der Waals surface area (Å²) in [5.41, 5.74) is -0.833. The molecule has 0 atom stereocenters. The number of hydrogen-bond donors (Lipinski definition) is 0. The van der Waals surface area contributed by atoms with Gasteiger partial charge in [-0.25, -0.2) is 9.78 Å². The predicted molar refractivity (Wildman–Crippen MR) is 84.3 cm³/mol. The van der Waals surface area contributed by atoms with Crippen LogP contribution in [-0.4, -0.2) is 38.8 Å². The number of halogens is 4. The van der Waals surface area contributed by atoms with Crippen molar-refractivity contribution in [2.75, 3.05) is 13.1 Å². The van der Waals surface area contributed by atoms with Crippen LogP contribution in [0.3, 0.4) is 0 Å². The van der Waals surface area contributed by atoms with Gasteiger partial charge in [0.05, 0.1) is 16.8 Å². The Kier molecular flexibility index (Phi) is 5.76. The number of hydrogen-bond acceptors (Lipinski definition) is 4. The zero-order chi connectivity index (χ0) is 17.9. The molecule has 0 aromatic carbocycles. The number of amides is 1. The van der Waals surface area contributed by atoms with Crippen molar-refractivity contribution in [2.45, 2.75) is 30.1 Å². The third-order valence-corrected chi connectivity index (χ3v) is 4.47. The fraction of sp³-hybridized carbons (Fsp3) is 0.357. The lowest BCUT2D eigenvalue weighted by atomic mass is 10.3. The molecule has 2 aromatic rings. The van der Waals surface area contributed by atoms with E-state index in [1.54, 1.807) is 4.90 Å². The number of nitrogens with zero attached hydrogens (tertiary/aromatic N) is 4. The number of carbonyl (C=O) groups excluding carboxylic acids is 1. The summed E-state index contributed by atoms with van der Waals surface area (Å²) < 4.78 is 38.7. The molecule has 0 aliphatic carbocycles. The summed E-state index contributed by atoms with van der Waals surface area (Å²) in [4.78, 5) is 17.5. The van der Waals surface area contributed by atoms with Gasteiger partial charge in [0.15, 0.2) is 0 Å². The van der Waals surface area contributed by atoms with Crippen molar-refractivity contribution < 1.29 is 18.0 Å². The monoisotopic (exact) mass is 378 g/mol. The highest BCUT2D eigenvalue weighted by Crippen LogP contribution is 2.33. The Morgan fingerprint density at radius 2 is 2.00 bits per heavy atom. The maximum absolute atomic E-state index is 12.5. The number of aromatic nitrogens is 3. The second-order valence-electron chi connectivity index (χ2n) is 4.67. The fourth-order valence-corrected chi connectivity index (χ4v) is 2.82. The molecule has 130 valence electrons. The van der Waals surface area contributed by atoms with Crippen LogP contribution < -0.4 is 0 Å². The van der Waals surface area contributed by atoms with Gasteiger partial charge in [-0.1, -0.05) is 11.6 Å². The minimum atomic E-state index is -4.44. The second-order valence-corrected chi connectivity index (χ2v) is 6.08. The SMILES string of the molecule is CCN(CC)C(=O)n1cc(Cl)c(Sc2ccc(C(F)(F)F)cn2)n1. The van der Waals surface area contributed by atoms with E-state index in [9.17, 15) is 18.0 Å². The molecule has 2 heterocycles. The molecule has 0 N–H and O–H groups in total. The van der Waals surface area contributed by atoms with Crippen LogP contribution in [0.5, 0.6) is 0 Å². The van der Waals surface area contributed by atoms with Gasteiger partial charge in [0.25, 0.3) is 0 Å². The van der Waals surface area contributed by atoms with E-state index in [0.29, 0.717) is 23.1 Å². The van der Waals surface area contributed by atoms with Crippen molar-refractivity contribution in [1.82, 2.24) is 19.7 Å². The average Bonchev–Trinajstić information content (AvgIpc) is 2.89. The molecule has 0 fully saturated rings. The summed E-state index contributed by atoms with van der Waals surface area (Å²) in [5, 5.41) is 4.90. The number of pyridine rings is 1. The normalized spacial score (nSPS) is 11.6. The van der Waals surface area contributed by atoms with E-state index in [4.69, 9.17) is 11.6 Å². The Bertz CT molecular complexity index is 714. The number of alkyl halides is 3. The van der Waals surface area contributed by atoms with Gasteiger partial charge in [0.2, 0.25) is 0 Å².